The number of hydrogen-bond donors (Lipinski definition) is 1. The standard InChI is InChI=1S/C16H18INO2/c1-18(2)14-6-3-12(4-7-14)13-5-8-16(15(17)11-13)20-10-9-19/h3-8,11,19H,9-10H2,1-2H3. The number of rotatable bonds is 5. The molecule has 20 heavy (non-hydrogen) atoms. The lowest BCUT2D eigenvalue weighted by atomic mass is 10.1. The van der Waals surface area contributed by atoms with Crippen molar-refractivity contribution in [1.29, 1.82) is 0 Å². The Balaban J connectivity index is 2.22. The number of aliphatic hydroxyl groups excluding tert-OH is 1. The molecule has 3 nitrogen and oxygen atoms in total. The third-order valence-corrected chi connectivity index (χ3v) is 3.84. The highest BCUT2D eigenvalue weighted by Gasteiger charge is 2.05. The maximum absolute atomic E-state index is 8.79. The fourth-order valence-electron chi connectivity index (χ4n) is 1.91. The highest BCUT2D eigenvalue weighted by Crippen LogP contribution is 2.28. The second-order valence-corrected chi connectivity index (χ2v) is 5.82. The van der Waals surface area contributed by atoms with Gasteiger partial charge in [-0.15, -0.1) is 0 Å². The van der Waals surface area contributed by atoms with Crippen LogP contribution >= 0.6 is 22.6 Å². The van der Waals surface area contributed by atoms with Gasteiger partial charge in [-0.25, -0.2) is 0 Å². The molecule has 0 unspecified atom stereocenters. The number of nitrogens with zero attached hydrogens (tertiary/aromatic N) is 1. The van der Waals surface area contributed by atoms with Crippen LogP contribution in [0.4, 0.5) is 5.69 Å². The summed E-state index contributed by atoms with van der Waals surface area (Å²) in [5.41, 5.74) is 3.53. The van der Waals surface area contributed by atoms with E-state index in [1.54, 1.807) is 0 Å². The van der Waals surface area contributed by atoms with Crippen LogP contribution in [0.1, 0.15) is 0 Å². The van der Waals surface area contributed by atoms with Gasteiger partial charge in [-0.2, -0.15) is 0 Å². The molecule has 106 valence electrons. The van der Waals surface area contributed by atoms with Gasteiger partial charge in [-0.3, -0.25) is 0 Å². The van der Waals surface area contributed by atoms with E-state index in [9.17, 15) is 0 Å². The van der Waals surface area contributed by atoms with E-state index in [1.165, 1.54) is 11.3 Å². The van der Waals surface area contributed by atoms with E-state index < -0.39 is 0 Å². The molecule has 0 aliphatic carbocycles. The first kappa shape index (κ1) is 15.1. The molecule has 4 heteroatoms. The predicted molar refractivity (Wildman–Crippen MR) is 91.5 cm³/mol. The van der Waals surface area contributed by atoms with Gasteiger partial charge >= 0.3 is 0 Å². The third kappa shape index (κ3) is 3.64. The molecule has 0 saturated heterocycles. The van der Waals surface area contributed by atoms with E-state index in [2.05, 4.69) is 57.8 Å². The van der Waals surface area contributed by atoms with Gasteiger partial charge in [0.15, 0.2) is 0 Å². The van der Waals surface area contributed by atoms with Crippen molar-refractivity contribution in [2.24, 2.45) is 0 Å². The molecular formula is C16H18INO2. The molecule has 0 heterocycles. The molecule has 0 radical (unpaired) electrons. The minimum Gasteiger partial charge on any atom is -0.490 e. The fraction of sp³-hybridized carbons (Fsp3) is 0.250. The zero-order valence-corrected chi connectivity index (χ0v) is 13.8. The average molecular weight is 383 g/mol. The van der Waals surface area contributed by atoms with Crippen molar-refractivity contribution in [3.63, 3.8) is 0 Å². The second-order valence-electron chi connectivity index (χ2n) is 4.66. The number of hydrogen-bond acceptors (Lipinski definition) is 3. The highest BCUT2D eigenvalue weighted by molar-refractivity contribution is 14.1. The number of aliphatic hydroxyl groups is 1. The molecule has 0 bridgehead atoms. The molecule has 0 aromatic heterocycles. The smallest absolute Gasteiger partial charge is 0.132 e. The summed E-state index contributed by atoms with van der Waals surface area (Å²) < 4.78 is 6.51. The first-order valence-electron chi connectivity index (χ1n) is 6.43. The minimum atomic E-state index is 0.0316. The predicted octanol–water partition coefficient (Wildman–Crippen LogP) is 3.40. The van der Waals surface area contributed by atoms with Crippen molar-refractivity contribution < 1.29 is 9.84 Å². The van der Waals surface area contributed by atoms with E-state index in [-0.39, 0.29) is 6.61 Å². The molecule has 0 amide bonds. The summed E-state index contributed by atoms with van der Waals surface area (Å²) in [6.07, 6.45) is 0. The van der Waals surface area contributed by atoms with Crippen LogP contribution in [0.2, 0.25) is 0 Å². The molecule has 0 aliphatic heterocycles. The number of anilines is 1. The fourth-order valence-corrected chi connectivity index (χ4v) is 2.58. The van der Waals surface area contributed by atoms with Crippen LogP contribution < -0.4 is 9.64 Å². The number of halogens is 1. The van der Waals surface area contributed by atoms with Crippen molar-refractivity contribution in [3.8, 4) is 16.9 Å². The van der Waals surface area contributed by atoms with E-state index in [0.29, 0.717) is 6.61 Å². The first-order valence-corrected chi connectivity index (χ1v) is 7.50. The Hall–Kier alpha value is -1.27. The molecule has 0 spiro atoms. The summed E-state index contributed by atoms with van der Waals surface area (Å²) in [5.74, 6) is 0.813. The van der Waals surface area contributed by atoms with Crippen molar-refractivity contribution >= 4 is 28.3 Å². The molecule has 2 rings (SSSR count). The SMILES string of the molecule is CN(C)c1ccc(-c2ccc(OCCO)c(I)c2)cc1. The van der Waals surface area contributed by atoms with Gasteiger partial charge in [-0.05, 0) is 58.0 Å². The molecule has 2 aromatic carbocycles. The van der Waals surface area contributed by atoms with E-state index >= 15 is 0 Å². The summed E-state index contributed by atoms with van der Waals surface area (Å²) in [7, 11) is 4.07. The normalized spacial score (nSPS) is 10.4. The minimum absolute atomic E-state index is 0.0316. The average Bonchev–Trinajstić information content (AvgIpc) is 2.46. The van der Waals surface area contributed by atoms with Gasteiger partial charge < -0.3 is 14.7 Å². The summed E-state index contributed by atoms with van der Waals surface area (Å²) >= 11 is 2.25. The van der Waals surface area contributed by atoms with Gasteiger partial charge in [0.1, 0.15) is 12.4 Å². The Morgan fingerprint density at radius 2 is 1.70 bits per heavy atom. The van der Waals surface area contributed by atoms with Crippen LogP contribution in [0, 0.1) is 3.57 Å². The van der Waals surface area contributed by atoms with Crippen LogP contribution in [-0.4, -0.2) is 32.4 Å². The van der Waals surface area contributed by atoms with Crippen molar-refractivity contribution in [2.45, 2.75) is 0 Å². The summed E-state index contributed by atoms with van der Waals surface area (Å²) in [6, 6.07) is 14.5. The highest BCUT2D eigenvalue weighted by atomic mass is 127. The van der Waals surface area contributed by atoms with E-state index in [0.717, 1.165) is 14.9 Å². The molecule has 2 aromatic rings. The number of benzene rings is 2. The van der Waals surface area contributed by atoms with Crippen LogP contribution in [0.5, 0.6) is 5.75 Å². The topological polar surface area (TPSA) is 32.7 Å². The van der Waals surface area contributed by atoms with E-state index in [4.69, 9.17) is 9.84 Å². The van der Waals surface area contributed by atoms with Gasteiger partial charge in [0.05, 0.1) is 10.2 Å². The Morgan fingerprint density at radius 1 is 1.05 bits per heavy atom. The lowest BCUT2D eigenvalue weighted by Gasteiger charge is -2.13. The Kier molecular flexibility index (Phi) is 5.25. The van der Waals surface area contributed by atoms with Crippen LogP contribution in [0.15, 0.2) is 42.5 Å². The molecule has 0 aliphatic rings. The monoisotopic (exact) mass is 383 g/mol. The molecule has 0 atom stereocenters. The molecular weight excluding hydrogens is 365 g/mol. The molecule has 1 N–H and O–H groups in total. The van der Waals surface area contributed by atoms with Crippen molar-refractivity contribution in [1.82, 2.24) is 0 Å². The summed E-state index contributed by atoms with van der Waals surface area (Å²) in [6.45, 7) is 0.358. The first-order chi connectivity index (χ1) is 9.61. The maximum atomic E-state index is 8.79. The Morgan fingerprint density at radius 3 is 2.25 bits per heavy atom. The second kappa shape index (κ2) is 6.95. The molecule has 0 fully saturated rings. The maximum Gasteiger partial charge on any atom is 0.132 e. The van der Waals surface area contributed by atoms with Crippen molar-refractivity contribution in [2.75, 3.05) is 32.2 Å². The Bertz CT molecular complexity index is 567. The Labute approximate surface area is 133 Å². The number of ether oxygens (including phenoxy) is 1. The van der Waals surface area contributed by atoms with Gasteiger partial charge in [-0.1, -0.05) is 18.2 Å². The zero-order valence-electron chi connectivity index (χ0n) is 11.6. The van der Waals surface area contributed by atoms with Gasteiger partial charge in [0, 0.05) is 19.8 Å². The summed E-state index contributed by atoms with van der Waals surface area (Å²) in [4.78, 5) is 2.08. The third-order valence-electron chi connectivity index (χ3n) is 3.00. The van der Waals surface area contributed by atoms with E-state index in [1.807, 2.05) is 26.2 Å². The van der Waals surface area contributed by atoms with Gasteiger partial charge in [0.25, 0.3) is 0 Å². The quantitative estimate of drug-likeness (QED) is 0.804. The summed E-state index contributed by atoms with van der Waals surface area (Å²) in [5, 5.41) is 8.79. The van der Waals surface area contributed by atoms with Gasteiger partial charge in [0.2, 0.25) is 0 Å². The lowest BCUT2D eigenvalue weighted by molar-refractivity contribution is 0.200. The van der Waals surface area contributed by atoms with Crippen molar-refractivity contribution in [3.05, 3.63) is 46.0 Å². The molecule has 0 saturated carbocycles. The lowest BCUT2D eigenvalue weighted by Crippen LogP contribution is -2.07. The van der Waals surface area contributed by atoms with Crippen LogP contribution in [0.25, 0.3) is 11.1 Å². The largest absolute Gasteiger partial charge is 0.490 e. The van der Waals surface area contributed by atoms with Crippen LogP contribution in [-0.2, 0) is 0 Å². The zero-order chi connectivity index (χ0) is 14.5. The van der Waals surface area contributed by atoms with Crippen LogP contribution in [0.3, 0.4) is 0 Å².